The van der Waals surface area contributed by atoms with Gasteiger partial charge in [-0.25, -0.2) is 18.4 Å². The predicted octanol–water partition coefficient (Wildman–Crippen LogP) is 2.81. The van der Waals surface area contributed by atoms with Crippen molar-refractivity contribution in [2.45, 2.75) is 36.3 Å². The van der Waals surface area contributed by atoms with Gasteiger partial charge in [-0.1, -0.05) is 12.1 Å². The van der Waals surface area contributed by atoms with Crippen molar-refractivity contribution in [2.75, 3.05) is 55.1 Å². The highest BCUT2D eigenvalue weighted by atomic mass is 32.2. The monoisotopic (exact) mass is 539 g/mol. The number of β-amino-alcohol motifs (C(OH)–C–C–N with tert-alkyl or cyclic N) is 1. The second-order valence-corrected chi connectivity index (χ2v) is 11.7. The van der Waals surface area contributed by atoms with Gasteiger partial charge in [0.25, 0.3) is 0 Å². The highest BCUT2D eigenvalue weighted by molar-refractivity contribution is 7.90. The number of ether oxygens (including phenoxy) is 1. The van der Waals surface area contributed by atoms with Crippen LogP contribution in [0.15, 0.2) is 53.7 Å². The fourth-order valence-electron chi connectivity index (χ4n) is 5.12. The molecular weight excluding hydrogens is 506 g/mol. The number of sulfone groups is 1. The lowest BCUT2D eigenvalue weighted by atomic mass is 10.0. The van der Waals surface area contributed by atoms with Crippen molar-refractivity contribution in [3.8, 4) is 5.75 Å². The van der Waals surface area contributed by atoms with Crippen LogP contribution in [0.5, 0.6) is 5.75 Å². The van der Waals surface area contributed by atoms with E-state index in [0.29, 0.717) is 29.1 Å². The molecule has 0 aliphatic carbocycles. The minimum absolute atomic E-state index is 0.161. The number of para-hydroxylation sites is 1. The molecule has 3 aromatic rings. The van der Waals surface area contributed by atoms with Crippen LogP contribution in [-0.2, 0) is 9.84 Å². The van der Waals surface area contributed by atoms with Crippen LogP contribution in [0.2, 0.25) is 0 Å². The van der Waals surface area contributed by atoms with E-state index in [1.165, 1.54) is 12.4 Å². The van der Waals surface area contributed by atoms with Gasteiger partial charge in [0.1, 0.15) is 12.1 Å². The molecule has 12 heteroatoms. The maximum absolute atomic E-state index is 12.1. The largest absolute Gasteiger partial charge is 0.494 e. The smallest absolute Gasteiger partial charge is 0.232 e. The molecule has 1 unspecified atom stereocenters. The molecule has 1 atom stereocenters. The molecule has 2 aliphatic rings. The van der Waals surface area contributed by atoms with Crippen LogP contribution in [0.1, 0.15) is 19.3 Å². The van der Waals surface area contributed by atoms with Gasteiger partial charge in [-0.05, 0) is 43.5 Å². The highest BCUT2D eigenvalue weighted by Crippen LogP contribution is 2.33. The summed E-state index contributed by atoms with van der Waals surface area (Å²) in [6, 6.07) is 13.1. The van der Waals surface area contributed by atoms with E-state index in [1.807, 2.05) is 18.2 Å². The van der Waals surface area contributed by atoms with Crippen LogP contribution in [0.4, 0.5) is 29.0 Å². The summed E-state index contributed by atoms with van der Waals surface area (Å²) in [5, 5.41) is 16.0. The van der Waals surface area contributed by atoms with E-state index in [0.717, 1.165) is 57.4 Å². The number of anilines is 5. The van der Waals surface area contributed by atoms with Crippen molar-refractivity contribution >= 4 is 38.8 Å². The van der Waals surface area contributed by atoms with E-state index in [-0.39, 0.29) is 16.9 Å². The maximum Gasteiger partial charge on any atom is 0.232 e. The summed E-state index contributed by atoms with van der Waals surface area (Å²) in [5.41, 5.74) is 2.17. The Morgan fingerprint density at radius 2 is 1.68 bits per heavy atom. The molecule has 3 N–H and O–H groups in total. The molecule has 0 radical (unpaired) electrons. The second kappa shape index (κ2) is 11.1. The Morgan fingerprint density at radius 1 is 0.974 bits per heavy atom. The zero-order valence-electron chi connectivity index (χ0n) is 21.5. The molecule has 3 heterocycles. The van der Waals surface area contributed by atoms with Gasteiger partial charge in [-0.3, -0.25) is 4.90 Å². The number of aliphatic hydroxyl groups excluding tert-OH is 1. The van der Waals surface area contributed by atoms with Gasteiger partial charge in [-0.15, -0.1) is 0 Å². The zero-order chi connectivity index (χ0) is 26.7. The maximum atomic E-state index is 12.1. The molecule has 0 bridgehead atoms. The number of methoxy groups -OCH3 is 1. The first-order valence-electron chi connectivity index (χ1n) is 12.7. The molecule has 2 fully saturated rings. The van der Waals surface area contributed by atoms with Crippen LogP contribution in [0, 0.1) is 0 Å². The van der Waals surface area contributed by atoms with Crippen molar-refractivity contribution in [3.05, 3.63) is 48.8 Å². The van der Waals surface area contributed by atoms with Gasteiger partial charge < -0.3 is 25.4 Å². The Hall–Kier alpha value is -3.48. The van der Waals surface area contributed by atoms with E-state index < -0.39 is 9.84 Å². The zero-order valence-corrected chi connectivity index (χ0v) is 22.4. The van der Waals surface area contributed by atoms with Crippen molar-refractivity contribution in [1.82, 2.24) is 19.9 Å². The lowest BCUT2D eigenvalue weighted by Gasteiger charge is -2.38. The molecule has 1 aromatic heterocycles. The predicted molar refractivity (Wildman–Crippen MR) is 146 cm³/mol. The van der Waals surface area contributed by atoms with E-state index >= 15 is 0 Å². The highest BCUT2D eigenvalue weighted by Gasteiger charge is 2.30. The molecule has 0 saturated carbocycles. The molecule has 0 amide bonds. The van der Waals surface area contributed by atoms with Crippen molar-refractivity contribution in [2.24, 2.45) is 0 Å². The van der Waals surface area contributed by atoms with Crippen LogP contribution < -0.4 is 20.3 Å². The second-order valence-electron chi connectivity index (χ2n) is 9.69. The van der Waals surface area contributed by atoms with Gasteiger partial charge >= 0.3 is 0 Å². The van der Waals surface area contributed by atoms with Gasteiger partial charge in [0, 0.05) is 50.2 Å². The minimum atomic E-state index is -3.43. The number of rotatable bonds is 8. The number of hydrogen-bond donors (Lipinski definition) is 3. The number of hydrogen-bond acceptors (Lipinski definition) is 11. The summed E-state index contributed by atoms with van der Waals surface area (Å²) in [4.78, 5) is 17.7. The van der Waals surface area contributed by atoms with Gasteiger partial charge in [0.05, 0.1) is 29.5 Å². The number of piperidine rings is 1. The van der Waals surface area contributed by atoms with Crippen LogP contribution in [0.25, 0.3) is 0 Å². The summed E-state index contributed by atoms with van der Waals surface area (Å²) in [7, 11) is -1.80. The standard InChI is InChI=1S/C26H33N7O4S/c1-37-23-15-19(32-12-9-18(10-13-32)33-14-11-20(34)16-33)7-8-21(23)29-25-27-17-28-26(31-25)30-22-5-3-4-6-24(22)38(2,35)36/h3-8,15,17-18,20,34H,9-14,16H2,1-2H3,(H2,27,28,29,30,31). The third-order valence-corrected chi connectivity index (χ3v) is 8.23. The number of nitrogens with one attached hydrogen (secondary N) is 2. The van der Waals surface area contributed by atoms with Gasteiger partial charge in [-0.2, -0.15) is 4.98 Å². The Bertz CT molecular complexity index is 1380. The van der Waals surface area contributed by atoms with E-state index in [1.54, 1.807) is 25.3 Å². The first kappa shape index (κ1) is 26.1. The number of aliphatic hydroxyl groups is 1. The lowest BCUT2D eigenvalue weighted by Crippen LogP contribution is -2.44. The summed E-state index contributed by atoms with van der Waals surface area (Å²) < 4.78 is 29.9. The SMILES string of the molecule is COc1cc(N2CCC(N3CCC(O)C3)CC2)ccc1Nc1ncnc(Nc2ccccc2S(C)(=O)=O)n1. The van der Waals surface area contributed by atoms with Gasteiger partial charge in [0.15, 0.2) is 9.84 Å². The van der Waals surface area contributed by atoms with E-state index in [2.05, 4.69) is 35.4 Å². The molecule has 0 spiro atoms. The number of aromatic nitrogens is 3. The average molecular weight is 540 g/mol. The molecule has 5 rings (SSSR count). The molecule has 2 saturated heterocycles. The van der Waals surface area contributed by atoms with Crippen LogP contribution in [0.3, 0.4) is 0 Å². The quantitative estimate of drug-likeness (QED) is 0.390. The number of nitrogens with zero attached hydrogens (tertiary/aromatic N) is 5. The molecule has 11 nitrogen and oxygen atoms in total. The fraction of sp³-hybridized carbons (Fsp3) is 0.423. The topological polar surface area (TPSA) is 133 Å². The lowest BCUT2D eigenvalue weighted by molar-refractivity contribution is 0.148. The normalized spacial score (nSPS) is 18.9. The average Bonchev–Trinajstić information content (AvgIpc) is 3.35. The summed E-state index contributed by atoms with van der Waals surface area (Å²) >= 11 is 0. The van der Waals surface area contributed by atoms with Crippen LogP contribution >= 0.6 is 0 Å². The third-order valence-electron chi connectivity index (χ3n) is 7.08. The van der Waals surface area contributed by atoms with E-state index in [9.17, 15) is 13.5 Å². The molecule has 38 heavy (non-hydrogen) atoms. The number of benzene rings is 2. The van der Waals surface area contributed by atoms with Gasteiger partial charge in [0.2, 0.25) is 11.9 Å². The van der Waals surface area contributed by atoms with Crippen molar-refractivity contribution in [3.63, 3.8) is 0 Å². The van der Waals surface area contributed by atoms with Crippen molar-refractivity contribution < 1.29 is 18.3 Å². The Kier molecular flexibility index (Phi) is 7.63. The first-order valence-corrected chi connectivity index (χ1v) is 14.6. The summed E-state index contributed by atoms with van der Waals surface area (Å²) in [6.45, 7) is 3.67. The van der Waals surface area contributed by atoms with Crippen LogP contribution in [-0.4, -0.2) is 85.1 Å². The minimum Gasteiger partial charge on any atom is -0.494 e. The Balaban J connectivity index is 1.26. The summed E-state index contributed by atoms with van der Waals surface area (Å²) in [5.74, 6) is 1.16. The Labute approximate surface area is 222 Å². The first-order chi connectivity index (χ1) is 18.3. The molecular formula is C26H33N7O4S. The third kappa shape index (κ3) is 5.98. The molecule has 2 aromatic carbocycles. The molecule has 202 valence electrons. The van der Waals surface area contributed by atoms with E-state index in [4.69, 9.17) is 4.74 Å². The number of likely N-dealkylation sites (tertiary alicyclic amines) is 1. The van der Waals surface area contributed by atoms with Crippen molar-refractivity contribution in [1.29, 1.82) is 0 Å². The molecule has 2 aliphatic heterocycles. The summed E-state index contributed by atoms with van der Waals surface area (Å²) in [6.07, 6.45) is 5.34. The Morgan fingerprint density at radius 3 is 2.34 bits per heavy atom. The fourth-order valence-corrected chi connectivity index (χ4v) is 5.96.